The quantitative estimate of drug-likeness (QED) is 0.831. The fraction of sp³-hybridized carbons (Fsp3) is 0.438. The van der Waals surface area contributed by atoms with E-state index in [1.807, 2.05) is 29.9 Å². The summed E-state index contributed by atoms with van der Waals surface area (Å²) in [6, 6.07) is 4.16. The maximum atomic E-state index is 12.2. The Morgan fingerprint density at radius 2 is 2.18 bits per heavy atom. The van der Waals surface area contributed by atoms with Crippen molar-refractivity contribution in [2.75, 3.05) is 11.1 Å². The summed E-state index contributed by atoms with van der Waals surface area (Å²) in [5, 5.41) is 7.45. The van der Waals surface area contributed by atoms with E-state index in [0.717, 1.165) is 16.3 Å². The smallest absolute Gasteiger partial charge is 0.235 e. The van der Waals surface area contributed by atoms with Crippen LogP contribution in [0.4, 0.5) is 5.82 Å². The van der Waals surface area contributed by atoms with Crippen molar-refractivity contribution >= 4 is 23.5 Å². The average Bonchev–Trinajstić information content (AvgIpc) is 3.32. The van der Waals surface area contributed by atoms with Crippen molar-refractivity contribution in [1.29, 1.82) is 0 Å². The summed E-state index contributed by atoms with van der Waals surface area (Å²) in [6.07, 6.45) is 7.80. The molecule has 1 aliphatic rings. The summed E-state index contributed by atoms with van der Waals surface area (Å²) in [5.41, 5.74) is 1.01. The van der Waals surface area contributed by atoms with Gasteiger partial charge in [-0.05, 0) is 44.7 Å². The summed E-state index contributed by atoms with van der Waals surface area (Å²) >= 11 is 1.51. The van der Waals surface area contributed by atoms with Crippen molar-refractivity contribution in [2.45, 2.75) is 37.6 Å². The third-order valence-corrected chi connectivity index (χ3v) is 4.96. The molecule has 0 bridgehead atoms. The summed E-state index contributed by atoms with van der Waals surface area (Å²) in [7, 11) is 0. The molecule has 2 aromatic heterocycles. The molecule has 116 valence electrons. The monoisotopic (exact) mass is 316 g/mol. The molecule has 0 aromatic carbocycles. The number of anilines is 1. The molecule has 6 heteroatoms. The first kappa shape index (κ1) is 15.1. The standard InChI is InChI=1S/C16H20N4OS/c1-11-9-18-20(12(2)13-3-4-13)16(11)19-15(21)10-22-14-5-7-17-8-6-14/h5-9,12-13H,3-4,10H2,1-2H3,(H,19,21)/t12-/m1/s1. The first-order valence-electron chi connectivity index (χ1n) is 7.52. The lowest BCUT2D eigenvalue weighted by Crippen LogP contribution is -2.20. The molecule has 5 nitrogen and oxygen atoms in total. The highest BCUT2D eigenvalue weighted by atomic mass is 32.2. The van der Waals surface area contributed by atoms with Crippen LogP contribution >= 0.6 is 11.8 Å². The normalized spacial score (nSPS) is 15.5. The van der Waals surface area contributed by atoms with Crippen LogP contribution in [0.5, 0.6) is 0 Å². The van der Waals surface area contributed by atoms with Gasteiger partial charge in [-0.1, -0.05) is 0 Å². The predicted octanol–water partition coefficient (Wildman–Crippen LogP) is 3.29. The Hall–Kier alpha value is -1.82. The van der Waals surface area contributed by atoms with Gasteiger partial charge in [0.25, 0.3) is 0 Å². The van der Waals surface area contributed by atoms with Crippen molar-refractivity contribution in [1.82, 2.24) is 14.8 Å². The molecule has 0 spiro atoms. The predicted molar refractivity (Wildman–Crippen MR) is 88.0 cm³/mol. The highest BCUT2D eigenvalue weighted by Gasteiger charge is 2.31. The van der Waals surface area contributed by atoms with Gasteiger partial charge in [-0.15, -0.1) is 11.8 Å². The van der Waals surface area contributed by atoms with E-state index in [1.54, 1.807) is 12.4 Å². The molecule has 1 saturated carbocycles. The van der Waals surface area contributed by atoms with Crippen LogP contribution in [0.1, 0.15) is 31.4 Å². The number of pyridine rings is 1. The van der Waals surface area contributed by atoms with E-state index in [4.69, 9.17) is 0 Å². The minimum absolute atomic E-state index is 0.00495. The average molecular weight is 316 g/mol. The lowest BCUT2D eigenvalue weighted by atomic mass is 10.2. The number of rotatable bonds is 6. The molecular weight excluding hydrogens is 296 g/mol. The van der Waals surface area contributed by atoms with Gasteiger partial charge >= 0.3 is 0 Å². The Bertz CT molecular complexity index is 651. The lowest BCUT2D eigenvalue weighted by Gasteiger charge is -2.16. The lowest BCUT2D eigenvalue weighted by molar-refractivity contribution is -0.113. The summed E-state index contributed by atoms with van der Waals surface area (Å²) in [6.45, 7) is 4.15. The maximum Gasteiger partial charge on any atom is 0.235 e. The molecule has 1 aliphatic carbocycles. The number of hydrogen-bond acceptors (Lipinski definition) is 4. The minimum Gasteiger partial charge on any atom is -0.310 e. The third-order valence-electron chi connectivity index (χ3n) is 3.95. The minimum atomic E-state index is -0.00495. The van der Waals surface area contributed by atoms with E-state index in [2.05, 4.69) is 22.3 Å². The molecule has 1 amide bonds. The molecule has 1 N–H and O–H groups in total. The zero-order chi connectivity index (χ0) is 15.5. The number of aromatic nitrogens is 3. The molecule has 0 unspecified atom stereocenters. The largest absolute Gasteiger partial charge is 0.310 e. The van der Waals surface area contributed by atoms with Crippen LogP contribution in [0.3, 0.4) is 0 Å². The van der Waals surface area contributed by atoms with Crippen molar-refractivity contribution in [3.8, 4) is 0 Å². The first-order valence-corrected chi connectivity index (χ1v) is 8.50. The van der Waals surface area contributed by atoms with Crippen LogP contribution in [-0.4, -0.2) is 26.4 Å². The second-order valence-electron chi connectivity index (χ2n) is 5.72. The van der Waals surface area contributed by atoms with Crippen LogP contribution in [-0.2, 0) is 4.79 Å². The number of carbonyl (C=O) groups excluding carboxylic acids is 1. The zero-order valence-corrected chi connectivity index (χ0v) is 13.6. The fourth-order valence-corrected chi connectivity index (χ4v) is 3.13. The van der Waals surface area contributed by atoms with Crippen molar-refractivity contribution in [3.63, 3.8) is 0 Å². The maximum absolute atomic E-state index is 12.2. The van der Waals surface area contributed by atoms with E-state index in [0.29, 0.717) is 17.7 Å². The zero-order valence-electron chi connectivity index (χ0n) is 12.8. The second-order valence-corrected chi connectivity index (χ2v) is 6.77. The number of nitrogens with one attached hydrogen (secondary N) is 1. The van der Waals surface area contributed by atoms with Gasteiger partial charge in [-0.3, -0.25) is 9.78 Å². The number of thioether (sulfide) groups is 1. The number of aryl methyl sites for hydroxylation is 1. The van der Waals surface area contributed by atoms with Crippen LogP contribution in [0.15, 0.2) is 35.6 Å². The van der Waals surface area contributed by atoms with Crippen molar-refractivity contribution < 1.29 is 4.79 Å². The molecule has 2 aromatic rings. The van der Waals surface area contributed by atoms with E-state index >= 15 is 0 Å². The summed E-state index contributed by atoms with van der Waals surface area (Å²) in [5.74, 6) is 1.91. The van der Waals surface area contributed by atoms with Crippen molar-refractivity contribution in [2.24, 2.45) is 5.92 Å². The van der Waals surface area contributed by atoms with Gasteiger partial charge in [0.15, 0.2) is 0 Å². The highest BCUT2D eigenvalue weighted by Crippen LogP contribution is 2.40. The Balaban J connectivity index is 1.62. The SMILES string of the molecule is Cc1cnn([C@H](C)C2CC2)c1NC(=O)CSc1ccncc1. The highest BCUT2D eigenvalue weighted by molar-refractivity contribution is 8.00. The molecule has 2 heterocycles. The Labute approximate surface area is 134 Å². The van der Waals surface area contributed by atoms with E-state index < -0.39 is 0 Å². The van der Waals surface area contributed by atoms with Gasteiger partial charge < -0.3 is 5.32 Å². The van der Waals surface area contributed by atoms with Gasteiger partial charge in [0.1, 0.15) is 5.82 Å². The Morgan fingerprint density at radius 1 is 1.45 bits per heavy atom. The first-order chi connectivity index (χ1) is 10.6. The topological polar surface area (TPSA) is 59.8 Å². The number of nitrogens with zero attached hydrogens (tertiary/aromatic N) is 3. The van der Waals surface area contributed by atoms with Gasteiger partial charge in [0.05, 0.1) is 18.0 Å². The van der Waals surface area contributed by atoms with E-state index in [-0.39, 0.29) is 5.91 Å². The summed E-state index contributed by atoms with van der Waals surface area (Å²) < 4.78 is 1.96. The molecule has 1 fully saturated rings. The number of hydrogen-bond donors (Lipinski definition) is 1. The van der Waals surface area contributed by atoms with Gasteiger partial charge in [-0.2, -0.15) is 5.10 Å². The molecule has 0 aliphatic heterocycles. The van der Waals surface area contributed by atoms with Crippen molar-refractivity contribution in [3.05, 3.63) is 36.3 Å². The third kappa shape index (κ3) is 3.50. The van der Waals surface area contributed by atoms with Crippen LogP contribution in [0, 0.1) is 12.8 Å². The van der Waals surface area contributed by atoms with Gasteiger partial charge in [0, 0.05) is 22.9 Å². The molecule has 0 radical (unpaired) electrons. The van der Waals surface area contributed by atoms with E-state index in [1.165, 1.54) is 24.6 Å². The van der Waals surface area contributed by atoms with Gasteiger partial charge in [0.2, 0.25) is 5.91 Å². The van der Waals surface area contributed by atoms with Gasteiger partial charge in [-0.25, -0.2) is 4.68 Å². The Morgan fingerprint density at radius 3 is 2.86 bits per heavy atom. The molecule has 1 atom stereocenters. The molecule has 0 saturated heterocycles. The van der Waals surface area contributed by atoms with Crippen LogP contribution < -0.4 is 5.32 Å². The van der Waals surface area contributed by atoms with E-state index in [9.17, 15) is 4.79 Å². The second kappa shape index (κ2) is 6.52. The Kier molecular flexibility index (Phi) is 4.47. The van der Waals surface area contributed by atoms with Crippen LogP contribution in [0.2, 0.25) is 0 Å². The van der Waals surface area contributed by atoms with Crippen LogP contribution in [0.25, 0.3) is 0 Å². The summed E-state index contributed by atoms with van der Waals surface area (Å²) in [4.78, 5) is 17.2. The molecule has 22 heavy (non-hydrogen) atoms. The fourth-order valence-electron chi connectivity index (χ4n) is 2.44. The molecular formula is C16H20N4OS. The molecule has 3 rings (SSSR count). The number of carbonyl (C=O) groups is 1. The number of amides is 1.